The van der Waals surface area contributed by atoms with Crippen LogP contribution < -0.4 is 9.47 Å². The normalized spacial score (nSPS) is 17.2. The molecule has 1 aliphatic rings. The highest BCUT2D eigenvalue weighted by Gasteiger charge is 2.43. The van der Waals surface area contributed by atoms with Crippen LogP contribution in [0.15, 0.2) is 23.2 Å². The zero-order chi connectivity index (χ0) is 13.2. The van der Waals surface area contributed by atoms with Gasteiger partial charge in [0.15, 0.2) is 11.5 Å². The van der Waals surface area contributed by atoms with E-state index in [1.165, 1.54) is 13.2 Å². The SMILES string of the molecule is C/N=C/C1(c2ccc(OC(F)F)c(OC)c2)CC1. The average Bonchev–Trinajstić information content (AvgIpc) is 3.10. The molecule has 18 heavy (non-hydrogen) atoms. The second kappa shape index (κ2) is 4.92. The van der Waals surface area contributed by atoms with Crippen molar-refractivity contribution < 1.29 is 18.3 Å². The maximum absolute atomic E-state index is 12.2. The number of hydrogen-bond acceptors (Lipinski definition) is 3. The predicted molar refractivity (Wildman–Crippen MR) is 65.0 cm³/mol. The lowest BCUT2D eigenvalue weighted by Crippen LogP contribution is -2.09. The minimum Gasteiger partial charge on any atom is -0.493 e. The van der Waals surface area contributed by atoms with Crippen LogP contribution >= 0.6 is 0 Å². The Morgan fingerprint density at radius 3 is 2.56 bits per heavy atom. The molecule has 0 unspecified atom stereocenters. The Morgan fingerprint density at radius 2 is 2.06 bits per heavy atom. The van der Waals surface area contributed by atoms with E-state index in [0.717, 1.165) is 18.4 Å². The molecule has 0 saturated heterocycles. The summed E-state index contributed by atoms with van der Waals surface area (Å²) in [6.07, 6.45) is 3.93. The lowest BCUT2D eigenvalue weighted by atomic mass is 9.97. The van der Waals surface area contributed by atoms with E-state index in [2.05, 4.69) is 9.73 Å². The van der Waals surface area contributed by atoms with Gasteiger partial charge in [-0.2, -0.15) is 8.78 Å². The van der Waals surface area contributed by atoms with E-state index in [9.17, 15) is 8.78 Å². The number of methoxy groups -OCH3 is 1. The van der Waals surface area contributed by atoms with E-state index in [1.807, 2.05) is 6.21 Å². The molecule has 0 amide bonds. The van der Waals surface area contributed by atoms with Gasteiger partial charge in [0.1, 0.15) is 0 Å². The fourth-order valence-corrected chi connectivity index (χ4v) is 2.04. The maximum Gasteiger partial charge on any atom is 0.387 e. The van der Waals surface area contributed by atoms with Crippen LogP contribution in [0, 0.1) is 0 Å². The molecule has 1 aromatic carbocycles. The summed E-state index contributed by atoms with van der Waals surface area (Å²) >= 11 is 0. The molecule has 0 heterocycles. The van der Waals surface area contributed by atoms with Crippen LogP contribution in [0.3, 0.4) is 0 Å². The fourth-order valence-electron chi connectivity index (χ4n) is 2.04. The summed E-state index contributed by atoms with van der Waals surface area (Å²) in [6.45, 7) is -2.85. The van der Waals surface area contributed by atoms with Gasteiger partial charge >= 0.3 is 6.61 Å². The van der Waals surface area contributed by atoms with Gasteiger partial charge in [-0.3, -0.25) is 4.99 Å². The number of alkyl halides is 2. The standard InChI is InChI=1S/C13H15F2NO2/c1-16-8-13(5-6-13)9-3-4-10(18-12(14)15)11(7-9)17-2/h3-4,7-8,12H,5-6H2,1-2H3/b16-8+. The second-order valence-electron chi connectivity index (χ2n) is 4.29. The van der Waals surface area contributed by atoms with E-state index in [0.29, 0.717) is 5.75 Å². The number of ether oxygens (including phenoxy) is 2. The molecule has 0 aromatic heterocycles. The molecule has 1 saturated carbocycles. The maximum atomic E-state index is 12.2. The zero-order valence-electron chi connectivity index (χ0n) is 10.3. The third kappa shape index (κ3) is 2.44. The molecule has 0 atom stereocenters. The Labute approximate surface area is 104 Å². The van der Waals surface area contributed by atoms with Gasteiger partial charge in [0.05, 0.1) is 7.11 Å². The van der Waals surface area contributed by atoms with Crippen molar-refractivity contribution in [1.82, 2.24) is 0 Å². The lowest BCUT2D eigenvalue weighted by molar-refractivity contribution is -0.0512. The number of nitrogens with zero attached hydrogens (tertiary/aromatic N) is 1. The number of benzene rings is 1. The molecule has 3 nitrogen and oxygen atoms in total. The topological polar surface area (TPSA) is 30.8 Å². The third-order valence-electron chi connectivity index (χ3n) is 3.12. The fraction of sp³-hybridized carbons (Fsp3) is 0.462. The van der Waals surface area contributed by atoms with E-state index >= 15 is 0 Å². The van der Waals surface area contributed by atoms with E-state index in [-0.39, 0.29) is 11.2 Å². The summed E-state index contributed by atoms with van der Waals surface area (Å²) in [4.78, 5) is 4.06. The highest BCUT2D eigenvalue weighted by molar-refractivity contribution is 5.78. The molecule has 1 aromatic rings. The molecule has 0 N–H and O–H groups in total. The van der Waals surface area contributed by atoms with E-state index < -0.39 is 6.61 Å². The van der Waals surface area contributed by atoms with Crippen LogP contribution in [-0.4, -0.2) is 27.0 Å². The van der Waals surface area contributed by atoms with Crippen molar-refractivity contribution in [2.75, 3.05) is 14.2 Å². The first-order valence-electron chi connectivity index (χ1n) is 5.68. The highest BCUT2D eigenvalue weighted by Crippen LogP contribution is 2.48. The van der Waals surface area contributed by atoms with Gasteiger partial charge in [0.2, 0.25) is 0 Å². The molecule has 1 aliphatic carbocycles. The van der Waals surface area contributed by atoms with Crippen molar-refractivity contribution >= 4 is 6.21 Å². The Hall–Kier alpha value is -1.65. The average molecular weight is 255 g/mol. The Bertz CT molecular complexity index is 456. The van der Waals surface area contributed by atoms with Gasteiger partial charge in [0, 0.05) is 18.7 Å². The molecular weight excluding hydrogens is 240 g/mol. The van der Waals surface area contributed by atoms with Crippen LogP contribution in [-0.2, 0) is 5.41 Å². The van der Waals surface area contributed by atoms with Gasteiger partial charge in [0.25, 0.3) is 0 Å². The largest absolute Gasteiger partial charge is 0.493 e. The van der Waals surface area contributed by atoms with Crippen LogP contribution in [0.4, 0.5) is 8.78 Å². The van der Waals surface area contributed by atoms with Gasteiger partial charge in [-0.15, -0.1) is 0 Å². The van der Waals surface area contributed by atoms with Crippen molar-refractivity contribution in [1.29, 1.82) is 0 Å². The molecule has 98 valence electrons. The van der Waals surface area contributed by atoms with Crippen molar-refractivity contribution in [2.45, 2.75) is 24.9 Å². The number of hydrogen-bond donors (Lipinski definition) is 0. The van der Waals surface area contributed by atoms with Crippen LogP contribution in [0.25, 0.3) is 0 Å². The first kappa shape index (κ1) is 12.8. The van der Waals surface area contributed by atoms with Gasteiger partial charge in [-0.25, -0.2) is 0 Å². The monoisotopic (exact) mass is 255 g/mol. The van der Waals surface area contributed by atoms with Gasteiger partial charge in [-0.1, -0.05) is 6.07 Å². The first-order chi connectivity index (χ1) is 8.61. The third-order valence-corrected chi connectivity index (χ3v) is 3.12. The minimum absolute atomic E-state index is 0.0502. The quantitative estimate of drug-likeness (QED) is 0.757. The summed E-state index contributed by atoms with van der Waals surface area (Å²) in [5.41, 5.74) is 0.970. The van der Waals surface area contributed by atoms with Crippen molar-refractivity contribution in [3.05, 3.63) is 23.8 Å². The summed E-state index contributed by atoms with van der Waals surface area (Å²) in [6, 6.07) is 5.05. The van der Waals surface area contributed by atoms with Gasteiger partial charge in [-0.05, 0) is 30.5 Å². The lowest BCUT2D eigenvalue weighted by Gasteiger charge is -2.14. The zero-order valence-corrected chi connectivity index (χ0v) is 10.3. The number of aliphatic imine (C=N–C) groups is 1. The summed E-state index contributed by atoms with van der Waals surface area (Å²) in [7, 11) is 3.16. The summed E-state index contributed by atoms with van der Waals surface area (Å²) in [5.74, 6) is 0.379. The summed E-state index contributed by atoms with van der Waals surface area (Å²) < 4.78 is 33.9. The van der Waals surface area contributed by atoms with Gasteiger partial charge < -0.3 is 9.47 Å². The van der Waals surface area contributed by atoms with Crippen LogP contribution in [0.5, 0.6) is 11.5 Å². The minimum atomic E-state index is -2.85. The molecular formula is C13H15F2NO2. The number of rotatable bonds is 5. The Morgan fingerprint density at radius 1 is 1.33 bits per heavy atom. The second-order valence-corrected chi connectivity index (χ2v) is 4.29. The van der Waals surface area contributed by atoms with Crippen LogP contribution in [0.1, 0.15) is 18.4 Å². The molecule has 0 aliphatic heterocycles. The molecule has 0 bridgehead atoms. The molecule has 2 rings (SSSR count). The smallest absolute Gasteiger partial charge is 0.387 e. The predicted octanol–water partition coefficient (Wildman–Crippen LogP) is 3.03. The van der Waals surface area contributed by atoms with Crippen molar-refractivity contribution in [3.8, 4) is 11.5 Å². The Balaban J connectivity index is 2.30. The van der Waals surface area contributed by atoms with E-state index in [4.69, 9.17) is 4.74 Å². The van der Waals surface area contributed by atoms with E-state index in [1.54, 1.807) is 19.2 Å². The molecule has 1 fully saturated rings. The Kier molecular flexibility index (Phi) is 3.50. The van der Waals surface area contributed by atoms with Crippen molar-refractivity contribution in [2.24, 2.45) is 4.99 Å². The summed E-state index contributed by atoms with van der Waals surface area (Å²) in [5, 5.41) is 0. The van der Waals surface area contributed by atoms with Crippen molar-refractivity contribution in [3.63, 3.8) is 0 Å². The number of halogens is 2. The highest BCUT2D eigenvalue weighted by atomic mass is 19.3. The van der Waals surface area contributed by atoms with Crippen LogP contribution in [0.2, 0.25) is 0 Å². The molecule has 5 heteroatoms. The first-order valence-corrected chi connectivity index (χ1v) is 5.68. The molecule has 0 radical (unpaired) electrons. The molecule has 0 spiro atoms.